The largest absolute Gasteiger partial charge is 0.434 e. The molecular weight excluding hydrogens is 223 g/mol. The Morgan fingerprint density at radius 2 is 2.00 bits per heavy atom. The number of hydrazine groups is 1. The lowest BCUT2D eigenvalue weighted by molar-refractivity contribution is -0.141. The predicted octanol–water partition coefficient (Wildman–Crippen LogP) is 1.33. The number of nitrogen functional groups attached to an aromatic ring is 1. The maximum Gasteiger partial charge on any atom is 0.434 e. The van der Waals surface area contributed by atoms with E-state index >= 15 is 0 Å². The molecule has 0 saturated heterocycles. The summed E-state index contributed by atoms with van der Waals surface area (Å²) in [6.07, 6.45) is -2.50. The lowest BCUT2D eigenvalue weighted by Gasteiger charge is -2.07. The lowest BCUT2D eigenvalue weighted by atomic mass is 10.3. The van der Waals surface area contributed by atoms with E-state index in [1.54, 1.807) is 0 Å². The number of hydrogen-bond acceptors (Lipinski definition) is 5. The van der Waals surface area contributed by atoms with Crippen LogP contribution in [-0.4, -0.2) is 15.0 Å². The molecule has 0 spiro atoms. The normalized spacial score (nSPS) is 11.8. The van der Waals surface area contributed by atoms with Crippen molar-refractivity contribution in [2.24, 2.45) is 5.84 Å². The average Bonchev–Trinajstić information content (AvgIpc) is 2.26. The van der Waals surface area contributed by atoms with Crippen LogP contribution in [0, 0.1) is 0 Å². The monoisotopic (exact) mass is 229 g/mol. The number of aromatic nitrogens is 3. The molecule has 3 N–H and O–H groups in total. The summed E-state index contributed by atoms with van der Waals surface area (Å²) in [6.45, 7) is 0. The molecule has 0 aliphatic heterocycles. The fourth-order valence-electron chi connectivity index (χ4n) is 1.18. The van der Waals surface area contributed by atoms with Crippen molar-refractivity contribution in [2.75, 3.05) is 5.43 Å². The molecule has 8 heteroatoms. The minimum Gasteiger partial charge on any atom is -0.307 e. The third-order valence-corrected chi connectivity index (χ3v) is 1.89. The van der Waals surface area contributed by atoms with Crippen LogP contribution in [0.15, 0.2) is 18.5 Å². The van der Waals surface area contributed by atoms with Gasteiger partial charge in [0.15, 0.2) is 11.5 Å². The molecule has 2 aromatic heterocycles. The number of fused-ring (bicyclic) bond motifs is 1. The zero-order chi connectivity index (χ0) is 11.8. The van der Waals surface area contributed by atoms with Gasteiger partial charge in [-0.1, -0.05) is 0 Å². The van der Waals surface area contributed by atoms with Crippen molar-refractivity contribution in [2.45, 2.75) is 6.18 Å². The molecule has 0 unspecified atom stereocenters. The highest BCUT2D eigenvalue weighted by atomic mass is 19.4. The van der Waals surface area contributed by atoms with Crippen LogP contribution in [0.25, 0.3) is 11.0 Å². The molecule has 2 rings (SSSR count). The Morgan fingerprint density at radius 1 is 1.25 bits per heavy atom. The topological polar surface area (TPSA) is 76.7 Å². The van der Waals surface area contributed by atoms with E-state index in [-0.39, 0.29) is 16.9 Å². The van der Waals surface area contributed by atoms with Gasteiger partial charge in [-0.3, -0.25) is 4.98 Å². The van der Waals surface area contributed by atoms with E-state index < -0.39 is 11.9 Å². The summed E-state index contributed by atoms with van der Waals surface area (Å²) in [6, 6.07) is 1.45. The van der Waals surface area contributed by atoms with Gasteiger partial charge >= 0.3 is 6.18 Å². The highest BCUT2D eigenvalue weighted by Gasteiger charge is 2.33. The molecule has 16 heavy (non-hydrogen) atoms. The fraction of sp³-hybridized carbons (Fsp3) is 0.125. The van der Waals surface area contributed by atoms with E-state index in [0.29, 0.717) is 6.20 Å². The highest BCUT2D eigenvalue weighted by Crippen LogP contribution is 2.28. The van der Waals surface area contributed by atoms with E-state index in [9.17, 15) is 13.2 Å². The SMILES string of the molecule is NNc1nccc2ncc(C(F)(F)F)nc12. The van der Waals surface area contributed by atoms with Crippen molar-refractivity contribution in [3.63, 3.8) is 0 Å². The molecule has 84 valence electrons. The first kappa shape index (κ1) is 10.6. The third-order valence-electron chi connectivity index (χ3n) is 1.89. The van der Waals surface area contributed by atoms with Gasteiger partial charge in [0.05, 0.1) is 11.7 Å². The number of rotatable bonds is 1. The van der Waals surface area contributed by atoms with Crippen molar-refractivity contribution in [1.82, 2.24) is 15.0 Å². The molecule has 0 aromatic carbocycles. The molecule has 2 aromatic rings. The molecule has 0 fully saturated rings. The predicted molar refractivity (Wildman–Crippen MR) is 50.1 cm³/mol. The Morgan fingerprint density at radius 3 is 2.62 bits per heavy atom. The maximum absolute atomic E-state index is 12.4. The Balaban J connectivity index is 2.68. The number of nitrogens with two attached hydrogens (primary N) is 1. The highest BCUT2D eigenvalue weighted by molar-refractivity contribution is 5.84. The number of nitrogens with one attached hydrogen (secondary N) is 1. The molecule has 0 bridgehead atoms. The molecular formula is C8H6F3N5. The molecule has 0 aliphatic carbocycles. The Kier molecular flexibility index (Phi) is 2.35. The second kappa shape index (κ2) is 3.56. The van der Waals surface area contributed by atoms with Crippen LogP contribution in [0.5, 0.6) is 0 Å². The zero-order valence-electron chi connectivity index (χ0n) is 7.78. The third kappa shape index (κ3) is 1.74. The van der Waals surface area contributed by atoms with Crippen molar-refractivity contribution < 1.29 is 13.2 Å². The first-order valence-corrected chi connectivity index (χ1v) is 4.18. The van der Waals surface area contributed by atoms with Gasteiger partial charge in [0.2, 0.25) is 0 Å². The van der Waals surface area contributed by atoms with Crippen molar-refractivity contribution in [3.05, 3.63) is 24.2 Å². The van der Waals surface area contributed by atoms with Crippen molar-refractivity contribution in [3.8, 4) is 0 Å². The first-order valence-electron chi connectivity index (χ1n) is 4.18. The Labute approximate surface area is 87.5 Å². The van der Waals surface area contributed by atoms with E-state index in [0.717, 1.165) is 0 Å². The van der Waals surface area contributed by atoms with E-state index in [4.69, 9.17) is 5.84 Å². The first-order chi connectivity index (χ1) is 7.52. The quantitative estimate of drug-likeness (QED) is 0.569. The molecule has 2 heterocycles. The fourth-order valence-corrected chi connectivity index (χ4v) is 1.18. The van der Waals surface area contributed by atoms with Crippen LogP contribution >= 0.6 is 0 Å². The summed E-state index contributed by atoms with van der Waals surface area (Å²) in [5.74, 6) is 5.17. The standard InChI is InChI=1S/C8H6F3N5/c9-8(10,11)5-3-14-4-1-2-13-7(16-12)6(4)15-5/h1-3H,12H2,(H,13,16). The van der Waals surface area contributed by atoms with Crippen LogP contribution in [0.1, 0.15) is 5.69 Å². The summed E-state index contributed by atoms with van der Waals surface area (Å²) < 4.78 is 37.1. The molecule has 0 radical (unpaired) electrons. The van der Waals surface area contributed by atoms with Gasteiger partial charge in [-0.15, -0.1) is 0 Å². The Hall–Kier alpha value is -1.96. The van der Waals surface area contributed by atoms with Gasteiger partial charge in [-0.25, -0.2) is 15.8 Å². The minimum atomic E-state index is -4.54. The molecule has 0 saturated carbocycles. The molecule has 0 atom stereocenters. The summed E-state index contributed by atoms with van der Waals surface area (Å²) in [4.78, 5) is 10.8. The molecule has 0 aliphatic rings. The van der Waals surface area contributed by atoms with E-state index in [1.807, 2.05) is 0 Å². The van der Waals surface area contributed by atoms with Gasteiger partial charge in [0.1, 0.15) is 5.52 Å². The van der Waals surface area contributed by atoms with Crippen LogP contribution in [0.4, 0.5) is 19.0 Å². The Bertz CT molecular complexity index is 525. The van der Waals surface area contributed by atoms with Crippen LogP contribution in [0.3, 0.4) is 0 Å². The zero-order valence-corrected chi connectivity index (χ0v) is 7.78. The van der Waals surface area contributed by atoms with E-state index in [2.05, 4.69) is 20.4 Å². The van der Waals surface area contributed by atoms with Crippen molar-refractivity contribution >= 4 is 16.9 Å². The van der Waals surface area contributed by atoms with Crippen LogP contribution < -0.4 is 11.3 Å². The minimum absolute atomic E-state index is 0.0141. The number of nitrogens with zero attached hydrogens (tertiary/aromatic N) is 3. The smallest absolute Gasteiger partial charge is 0.307 e. The summed E-state index contributed by atoms with van der Waals surface area (Å²) in [7, 11) is 0. The van der Waals surface area contributed by atoms with Gasteiger partial charge in [0.25, 0.3) is 0 Å². The summed E-state index contributed by atoms with van der Waals surface area (Å²) in [5.41, 5.74) is 1.36. The van der Waals surface area contributed by atoms with E-state index in [1.165, 1.54) is 12.3 Å². The summed E-state index contributed by atoms with van der Waals surface area (Å²) >= 11 is 0. The second-order valence-electron chi connectivity index (χ2n) is 2.92. The molecule has 0 amide bonds. The number of alkyl halides is 3. The number of anilines is 1. The van der Waals surface area contributed by atoms with Crippen LogP contribution in [0.2, 0.25) is 0 Å². The summed E-state index contributed by atoms with van der Waals surface area (Å²) in [5, 5.41) is 0. The number of pyridine rings is 1. The van der Waals surface area contributed by atoms with Crippen LogP contribution in [-0.2, 0) is 6.18 Å². The lowest BCUT2D eigenvalue weighted by Crippen LogP contribution is -2.12. The number of halogens is 3. The molecule has 5 nitrogen and oxygen atoms in total. The second-order valence-corrected chi connectivity index (χ2v) is 2.92. The number of hydrogen-bond donors (Lipinski definition) is 2. The average molecular weight is 229 g/mol. The van der Waals surface area contributed by atoms with Gasteiger partial charge in [-0.05, 0) is 6.07 Å². The van der Waals surface area contributed by atoms with Gasteiger partial charge in [-0.2, -0.15) is 13.2 Å². The van der Waals surface area contributed by atoms with Crippen molar-refractivity contribution in [1.29, 1.82) is 0 Å². The van der Waals surface area contributed by atoms with Gasteiger partial charge < -0.3 is 5.43 Å². The maximum atomic E-state index is 12.4. The van der Waals surface area contributed by atoms with Gasteiger partial charge in [0, 0.05) is 6.20 Å².